The van der Waals surface area contributed by atoms with E-state index in [2.05, 4.69) is 87.6 Å². The molecule has 24 aromatic rings. The molecule has 32 heteroatoms. The molecule has 0 aliphatic carbocycles. The van der Waals surface area contributed by atoms with E-state index < -0.39 is 93.9 Å². The third-order valence-corrected chi connectivity index (χ3v) is 25.6. The molecule has 0 saturated heterocycles. The Morgan fingerprint density at radius 1 is 0.169 bits per heavy atom. The summed E-state index contributed by atoms with van der Waals surface area (Å²) in [5.41, 5.74) is -6.01. The number of pyridine rings is 4. The van der Waals surface area contributed by atoms with Gasteiger partial charge in [-0.05, 0) is 141 Å². The van der Waals surface area contributed by atoms with Crippen molar-refractivity contribution in [2.24, 2.45) is 0 Å². The van der Waals surface area contributed by atoms with Crippen molar-refractivity contribution < 1.29 is 141 Å². The fraction of sp³-hybridized carbons (Fsp3) is 0.0690. The van der Waals surface area contributed by atoms with Gasteiger partial charge in [-0.15, -0.1) is 70.1 Å². The second-order valence-electron chi connectivity index (χ2n) is 34.4. The molecule has 0 aliphatic rings. The van der Waals surface area contributed by atoms with E-state index in [1.165, 1.54) is 84.8 Å². The third kappa shape index (κ3) is 20.1. The Morgan fingerprint density at radius 3 is 0.480 bits per heavy atom. The van der Waals surface area contributed by atoms with E-state index in [1.54, 1.807) is 24.3 Å². The maximum absolute atomic E-state index is 13.3. The SMILES string of the molecule is FC(F)(F)c1cc(-c2ccc(-c3ccc4ccc5cccc6c[c-]c3c4c65)cn2)cc(C(F)(F)F)c1.FC(F)(F)c1cc(-c2ccc(-c3ccc4ccc5cccc6c[c-]c3c4c65)cn2)cc(C(F)(F)F)c1.FC(F)(F)c1cc(-c2ccc(-c3ccc4ccc5cccc6c[c-]c3c4c65)cn2)cc(C(F)(F)F)c1.FC(F)(F)c1cc(-c2ccc(-c3ccc4ccc5cccc6c[c-]c3c4c65)cn2)cc(C(F)(F)F)c1.[Cl][Ir+2].[Cl][Ir+2]. The van der Waals surface area contributed by atoms with Crippen molar-refractivity contribution in [3.05, 3.63) is 409 Å². The van der Waals surface area contributed by atoms with Gasteiger partial charge in [0.1, 0.15) is 0 Å². The topological polar surface area (TPSA) is 51.6 Å². The number of alkyl halides is 24. The molecule has 0 atom stereocenters. The van der Waals surface area contributed by atoms with Gasteiger partial charge in [0.2, 0.25) is 0 Å². The third-order valence-electron chi connectivity index (χ3n) is 25.6. The van der Waals surface area contributed by atoms with Gasteiger partial charge in [-0.1, -0.05) is 303 Å². The molecule has 24 rings (SSSR count). The predicted octanol–water partition coefficient (Wildman–Crippen LogP) is 38.0. The Hall–Kier alpha value is -14.6. The van der Waals surface area contributed by atoms with E-state index in [0.717, 1.165) is 152 Å². The quantitative estimate of drug-likeness (QED) is 0.0864. The molecule has 740 valence electrons. The van der Waals surface area contributed by atoms with Crippen molar-refractivity contribution in [2.45, 2.75) is 49.4 Å². The average molecular weight is 2420 g/mol. The van der Waals surface area contributed by atoms with E-state index in [4.69, 9.17) is 0 Å². The summed E-state index contributed by atoms with van der Waals surface area (Å²) in [6.07, 6.45) is -33.5. The van der Waals surface area contributed by atoms with Crippen LogP contribution in [0.1, 0.15) is 44.5 Å². The maximum atomic E-state index is 13.3. The van der Waals surface area contributed by atoms with Crippen molar-refractivity contribution in [2.75, 3.05) is 0 Å². The van der Waals surface area contributed by atoms with Crippen molar-refractivity contribution in [3.63, 3.8) is 0 Å². The summed E-state index contributed by atoms with van der Waals surface area (Å²) in [4.78, 5) is 16.9. The molecule has 0 N–H and O–H groups in total. The predicted molar refractivity (Wildman–Crippen MR) is 522 cm³/mol. The van der Waals surface area contributed by atoms with Crippen molar-refractivity contribution in [1.29, 1.82) is 0 Å². The van der Waals surface area contributed by atoms with E-state index >= 15 is 0 Å². The average Bonchev–Trinajstić information content (AvgIpc) is 0.742. The molecule has 0 aliphatic heterocycles. The summed E-state index contributed by atoms with van der Waals surface area (Å²) in [6.45, 7) is 0. The summed E-state index contributed by atoms with van der Waals surface area (Å²) in [7, 11) is 9.28. The monoisotopic (exact) mass is 2420 g/mol. The van der Waals surface area contributed by atoms with Crippen LogP contribution in [0.4, 0.5) is 105 Å². The second kappa shape index (κ2) is 39.2. The number of halogens is 26. The Balaban J connectivity index is 0.000000123. The number of hydrogen-bond donors (Lipinski definition) is 0. The van der Waals surface area contributed by atoms with Crippen LogP contribution in [0.2, 0.25) is 0 Å². The molecule has 0 spiro atoms. The summed E-state index contributed by atoms with van der Waals surface area (Å²) in [5.74, 6) is 0. The van der Waals surface area contributed by atoms with Crippen LogP contribution in [0, 0.1) is 24.3 Å². The Kier molecular flexibility index (Phi) is 27.0. The zero-order chi connectivity index (χ0) is 105. The number of benzene rings is 20. The first-order valence-electron chi connectivity index (χ1n) is 44.0. The van der Waals surface area contributed by atoms with Gasteiger partial charge >= 0.3 is 104 Å². The van der Waals surface area contributed by atoms with Crippen LogP contribution in [0.15, 0.2) is 340 Å². The van der Waals surface area contributed by atoms with Gasteiger partial charge in [0, 0.05) is 47.0 Å². The summed E-state index contributed by atoms with van der Waals surface area (Å²) in [5, 5.41) is 24.8. The minimum absolute atomic E-state index is 0.0111. The fourth-order valence-electron chi connectivity index (χ4n) is 18.8. The number of aromatic nitrogens is 4. The molecule has 148 heavy (non-hydrogen) atoms. The second-order valence-corrected chi connectivity index (χ2v) is 34.4. The summed E-state index contributed by atoms with van der Waals surface area (Å²) in [6, 6.07) is 95.4. The molecule has 0 fully saturated rings. The van der Waals surface area contributed by atoms with Crippen LogP contribution in [0.5, 0.6) is 0 Å². The molecule has 20 aromatic carbocycles. The first kappa shape index (κ1) is 102. The normalized spacial score (nSPS) is 12.5. The summed E-state index contributed by atoms with van der Waals surface area (Å²) >= 11 is 2.94. The molecule has 4 nitrogen and oxygen atoms in total. The number of nitrogens with zero attached hydrogens (tertiary/aromatic N) is 4. The first-order valence-corrected chi connectivity index (χ1v) is 49.9. The number of hydrogen-bond acceptors (Lipinski definition) is 4. The van der Waals surface area contributed by atoms with Crippen LogP contribution in [-0.4, -0.2) is 19.9 Å². The molecule has 4 heterocycles. The first-order chi connectivity index (χ1) is 70.4. The molecule has 0 saturated carbocycles. The summed E-state index contributed by atoms with van der Waals surface area (Å²) < 4.78 is 318. The van der Waals surface area contributed by atoms with Crippen LogP contribution in [0.25, 0.3) is 219 Å². The van der Waals surface area contributed by atoms with Crippen molar-refractivity contribution >= 4 is 148 Å². The van der Waals surface area contributed by atoms with Crippen molar-refractivity contribution in [1.82, 2.24) is 19.9 Å². The van der Waals surface area contributed by atoms with Crippen LogP contribution < -0.4 is 0 Å². The van der Waals surface area contributed by atoms with E-state index in [-0.39, 0.29) is 69.3 Å². The number of rotatable bonds is 8. The van der Waals surface area contributed by atoms with Gasteiger partial charge in [-0.3, -0.25) is 19.9 Å². The Bertz CT molecular complexity index is 7880. The van der Waals surface area contributed by atoms with Crippen molar-refractivity contribution in [3.8, 4) is 89.5 Å². The van der Waals surface area contributed by atoms with Crippen LogP contribution in [-0.2, 0) is 85.2 Å². The molecule has 0 bridgehead atoms. The van der Waals surface area contributed by atoms with Gasteiger partial charge < -0.3 is 0 Å². The zero-order valence-corrected chi connectivity index (χ0v) is 80.9. The van der Waals surface area contributed by atoms with E-state index in [0.29, 0.717) is 70.8 Å². The van der Waals surface area contributed by atoms with Gasteiger partial charge in [-0.2, -0.15) is 105 Å². The molecule has 0 unspecified atom stereocenters. The standard InChI is InChI=1S/4C29H14F6N.2ClH.2Ir/c4*30-28(31,32)21-12-20(13-22(14-21)29(33,34)35)25-11-8-19(15-36-25)23-9-6-18-5-4-16-2-1-3-17-7-10-24(23)27(18)26(16)17;;;;/h4*1-9,11-15H;2*1H;;/q4*-1;;;2*+3/p-2. The zero-order valence-electron chi connectivity index (χ0n) is 74.6. The van der Waals surface area contributed by atoms with Crippen LogP contribution in [0.3, 0.4) is 0 Å². The minimum atomic E-state index is -4.92. The van der Waals surface area contributed by atoms with Gasteiger partial charge in [0.05, 0.1) is 67.3 Å². The Labute approximate surface area is 851 Å². The molecular formula is C116H56Cl2F24Ir2N4. The van der Waals surface area contributed by atoms with E-state index in [9.17, 15) is 105 Å². The van der Waals surface area contributed by atoms with Gasteiger partial charge in [-0.25, -0.2) is 0 Å². The molecular weight excluding hydrogens is 2360 g/mol. The van der Waals surface area contributed by atoms with Gasteiger partial charge in [0.15, 0.2) is 0 Å². The fourth-order valence-corrected chi connectivity index (χ4v) is 18.8. The molecule has 4 aromatic heterocycles. The van der Waals surface area contributed by atoms with E-state index in [1.807, 2.05) is 170 Å². The van der Waals surface area contributed by atoms with Crippen LogP contribution >= 0.6 is 19.2 Å². The molecule has 0 radical (unpaired) electrons. The molecule has 0 amide bonds. The Morgan fingerprint density at radius 2 is 0.324 bits per heavy atom. The van der Waals surface area contributed by atoms with Gasteiger partial charge in [0.25, 0.3) is 0 Å².